The molecule has 3 heteroatoms. The van der Waals surface area contributed by atoms with Crippen molar-refractivity contribution in [3.05, 3.63) is 58.6 Å². The van der Waals surface area contributed by atoms with Gasteiger partial charge in [-0.3, -0.25) is 0 Å². The molecular formula is C17H20BN2+. The first-order valence-corrected chi connectivity index (χ1v) is 7.04. The molecule has 0 aliphatic carbocycles. The van der Waals surface area contributed by atoms with Crippen LogP contribution >= 0.6 is 0 Å². The molecule has 0 fully saturated rings. The van der Waals surface area contributed by atoms with E-state index < -0.39 is 0 Å². The van der Waals surface area contributed by atoms with Crippen molar-refractivity contribution in [3.8, 4) is 0 Å². The fourth-order valence-corrected chi connectivity index (χ4v) is 3.12. The van der Waals surface area contributed by atoms with Crippen molar-refractivity contribution in [2.45, 2.75) is 13.8 Å². The fraction of sp³-hybridized carbons (Fsp3) is 0.235. The first kappa shape index (κ1) is 13.0. The summed E-state index contributed by atoms with van der Waals surface area (Å²) in [4.78, 5) is 2.31. The summed E-state index contributed by atoms with van der Waals surface area (Å²) < 4.78 is 2.22. The monoisotopic (exact) mass is 263 g/mol. The van der Waals surface area contributed by atoms with Gasteiger partial charge in [-0.2, -0.15) is 0 Å². The average Bonchev–Trinajstić information content (AvgIpc) is 2.42. The largest absolute Gasteiger partial charge is 0.410 e. The van der Waals surface area contributed by atoms with Crippen molar-refractivity contribution in [2.24, 2.45) is 7.05 Å². The van der Waals surface area contributed by atoms with Crippen LogP contribution in [-0.4, -0.2) is 18.7 Å². The summed E-state index contributed by atoms with van der Waals surface area (Å²) in [5, 5.41) is 2.66. The quantitative estimate of drug-likeness (QED) is 0.523. The Bertz CT molecular complexity index is 780. The number of hydrogen-bond acceptors (Lipinski definition) is 1. The molecule has 100 valence electrons. The maximum absolute atomic E-state index is 2.31. The van der Waals surface area contributed by atoms with Crippen LogP contribution in [0.2, 0.25) is 0 Å². The molecule has 1 aliphatic heterocycles. The number of fused-ring (bicyclic) bond motifs is 1. The lowest BCUT2D eigenvalue weighted by atomic mass is 9.49. The minimum absolute atomic E-state index is 0.301. The molecule has 1 aliphatic rings. The van der Waals surface area contributed by atoms with Crippen LogP contribution in [0.1, 0.15) is 12.5 Å². The van der Waals surface area contributed by atoms with Gasteiger partial charge < -0.3 is 4.81 Å². The standard InChI is InChI=1S/C17H20BN2/c1-13-9-10-19(3)17(11-13)18-14(2)16-8-6-5-7-15(16)12-20(18)4/h5-12H,1-4H3/q+1. The number of hydrogen-bond donors (Lipinski definition) is 0. The highest BCUT2D eigenvalue weighted by Gasteiger charge is 2.33. The van der Waals surface area contributed by atoms with E-state index in [0.717, 1.165) is 0 Å². The Hall–Kier alpha value is -2.03. The molecule has 3 rings (SSSR count). The molecule has 2 nitrogen and oxygen atoms in total. The number of aryl methyl sites for hydroxylation is 2. The van der Waals surface area contributed by atoms with E-state index in [9.17, 15) is 0 Å². The van der Waals surface area contributed by atoms with Gasteiger partial charge in [-0.1, -0.05) is 29.7 Å². The molecule has 2 aromatic rings. The number of aromatic nitrogens is 1. The Kier molecular flexibility index (Phi) is 3.13. The van der Waals surface area contributed by atoms with Crippen molar-refractivity contribution in [2.75, 3.05) is 7.05 Å². The van der Waals surface area contributed by atoms with E-state index in [1.165, 1.54) is 27.1 Å². The number of nitrogens with zero attached hydrogens (tertiary/aromatic N) is 2. The second-order valence-corrected chi connectivity index (χ2v) is 5.71. The zero-order valence-corrected chi connectivity index (χ0v) is 12.6. The third-order valence-electron chi connectivity index (χ3n) is 4.17. The highest BCUT2D eigenvalue weighted by Crippen LogP contribution is 2.07. The Morgan fingerprint density at radius 3 is 2.65 bits per heavy atom. The number of rotatable bonds is 1. The van der Waals surface area contributed by atoms with Crippen LogP contribution in [0.15, 0.2) is 42.6 Å². The molecule has 0 saturated carbocycles. The summed E-state index contributed by atoms with van der Waals surface area (Å²) in [7, 11) is 4.28. The molecular weight excluding hydrogens is 243 g/mol. The van der Waals surface area contributed by atoms with Crippen molar-refractivity contribution < 1.29 is 4.57 Å². The highest BCUT2D eigenvalue weighted by atomic mass is 15.0. The van der Waals surface area contributed by atoms with E-state index in [4.69, 9.17) is 0 Å². The second-order valence-electron chi connectivity index (χ2n) is 5.71. The topological polar surface area (TPSA) is 7.12 Å². The Morgan fingerprint density at radius 1 is 1.10 bits per heavy atom. The lowest BCUT2D eigenvalue weighted by molar-refractivity contribution is -0.654. The number of benzene rings is 1. The summed E-state index contributed by atoms with van der Waals surface area (Å²) >= 11 is 0. The molecule has 0 radical (unpaired) electrons. The zero-order chi connectivity index (χ0) is 14.3. The van der Waals surface area contributed by atoms with Crippen LogP contribution in [0.4, 0.5) is 0 Å². The van der Waals surface area contributed by atoms with Crippen LogP contribution in [0.5, 0.6) is 0 Å². The Balaban J connectivity index is 2.26. The molecule has 0 unspecified atom stereocenters. The summed E-state index contributed by atoms with van der Waals surface area (Å²) in [6.07, 6.45) is 4.39. The summed E-state index contributed by atoms with van der Waals surface area (Å²) in [5.74, 6) is 0. The second kappa shape index (κ2) is 4.82. The van der Waals surface area contributed by atoms with Gasteiger partial charge in [0.2, 0.25) is 0 Å². The lowest BCUT2D eigenvalue weighted by Gasteiger charge is -2.25. The van der Waals surface area contributed by atoms with Gasteiger partial charge in [0, 0.05) is 12.1 Å². The van der Waals surface area contributed by atoms with Crippen LogP contribution in [0, 0.1) is 6.92 Å². The van der Waals surface area contributed by atoms with Gasteiger partial charge in [-0.15, -0.1) is 0 Å². The minimum Gasteiger partial charge on any atom is -0.410 e. The van der Waals surface area contributed by atoms with Crippen molar-refractivity contribution in [3.63, 3.8) is 0 Å². The molecule has 1 aromatic heterocycles. The van der Waals surface area contributed by atoms with Gasteiger partial charge in [-0.05, 0) is 43.1 Å². The van der Waals surface area contributed by atoms with Crippen LogP contribution in [0.25, 0.3) is 11.7 Å². The van der Waals surface area contributed by atoms with Crippen molar-refractivity contribution in [1.82, 2.24) is 4.81 Å². The predicted molar refractivity (Wildman–Crippen MR) is 84.7 cm³/mol. The predicted octanol–water partition coefficient (Wildman–Crippen LogP) is 0.111. The molecule has 0 bridgehead atoms. The molecule has 0 atom stereocenters. The van der Waals surface area contributed by atoms with Gasteiger partial charge in [0.05, 0.1) is 0 Å². The van der Waals surface area contributed by atoms with E-state index in [-0.39, 0.29) is 0 Å². The van der Waals surface area contributed by atoms with E-state index in [1.54, 1.807) is 0 Å². The molecule has 20 heavy (non-hydrogen) atoms. The van der Waals surface area contributed by atoms with Gasteiger partial charge in [0.15, 0.2) is 11.8 Å². The molecule has 1 aromatic carbocycles. The first-order valence-electron chi connectivity index (χ1n) is 7.04. The smallest absolute Gasteiger partial charge is 0.399 e. The Morgan fingerprint density at radius 2 is 1.85 bits per heavy atom. The SMILES string of the molecule is CC1=c2ccccc2=CN(C)B1c1cc(C)cc[n+]1C. The summed E-state index contributed by atoms with van der Waals surface area (Å²) in [6.45, 7) is 4.70. The summed E-state index contributed by atoms with van der Waals surface area (Å²) in [5.41, 5.74) is 4.04. The lowest BCUT2D eigenvalue weighted by Crippen LogP contribution is -2.62. The van der Waals surface area contributed by atoms with Crippen LogP contribution in [0.3, 0.4) is 0 Å². The highest BCUT2D eigenvalue weighted by molar-refractivity contribution is 6.85. The molecule has 0 amide bonds. The Labute approximate surface area is 120 Å². The fourth-order valence-electron chi connectivity index (χ4n) is 3.12. The van der Waals surface area contributed by atoms with Gasteiger partial charge in [0.25, 0.3) is 0 Å². The average molecular weight is 263 g/mol. The molecule has 2 heterocycles. The maximum Gasteiger partial charge on any atom is 0.399 e. The van der Waals surface area contributed by atoms with Gasteiger partial charge >= 0.3 is 6.85 Å². The van der Waals surface area contributed by atoms with Crippen LogP contribution < -0.4 is 20.6 Å². The molecule has 0 N–H and O–H groups in total. The van der Waals surface area contributed by atoms with E-state index >= 15 is 0 Å². The van der Waals surface area contributed by atoms with Crippen molar-refractivity contribution in [1.29, 1.82) is 0 Å². The minimum atomic E-state index is 0.301. The first-order chi connectivity index (χ1) is 9.58. The van der Waals surface area contributed by atoms with E-state index in [2.05, 4.69) is 86.1 Å². The van der Waals surface area contributed by atoms with Gasteiger partial charge in [0.1, 0.15) is 7.05 Å². The van der Waals surface area contributed by atoms with Gasteiger partial charge in [-0.25, -0.2) is 4.57 Å². The van der Waals surface area contributed by atoms with Crippen LogP contribution in [-0.2, 0) is 7.05 Å². The summed E-state index contributed by atoms with van der Waals surface area (Å²) in [6, 6.07) is 13.1. The van der Waals surface area contributed by atoms with Crippen molar-refractivity contribution >= 4 is 24.1 Å². The van der Waals surface area contributed by atoms with E-state index in [0.29, 0.717) is 6.85 Å². The maximum atomic E-state index is 2.31. The molecule has 0 spiro atoms. The van der Waals surface area contributed by atoms with E-state index in [1.807, 2.05) is 0 Å². The number of pyridine rings is 1. The molecule has 0 saturated heterocycles. The zero-order valence-electron chi connectivity index (χ0n) is 12.6. The third kappa shape index (κ3) is 2.03. The normalized spacial score (nSPS) is 14.1. The third-order valence-corrected chi connectivity index (χ3v) is 4.17.